The van der Waals surface area contributed by atoms with Crippen molar-refractivity contribution in [1.82, 2.24) is 0 Å². The molecule has 29 nitrogen and oxygen atoms in total. The predicted molar refractivity (Wildman–Crippen MR) is 274 cm³/mol. The summed E-state index contributed by atoms with van der Waals surface area (Å²) >= 11 is 0. The Balaban J connectivity index is 0.949. The quantitative estimate of drug-likeness (QED) is 0.0556. The molecule has 2 aromatic heterocycles. The van der Waals surface area contributed by atoms with Gasteiger partial charge < -0.3 is 133 Å². The van der Waals surface area contributed by atoms with E-state index < -0.39 is 192 Å². The zero-order valence-corrected chi connectivity index (χ0v) is 43.4. The highest BCUT2D eigenvalue weighted by Gasteiger charge is 2.50. The van der Waals surface area contributed by atoms with Crippen LogP contribution in [0.25, 0.3) is 44.6 Å². The van der Waals surface area contributed by atoms with E-state index in [9.17, 15) is 91.3 Å². The molecule has 0 bridgehead atoms. The average molecular weight is 1170 g/mol. The fourth-order valence-electron chi connectivity index (χ4n) is 9.81. The van der Waals surface area contributed by atoms with Crippen molar-refractivity contribution in [3.05, 3.63) is 93.2 Å². The van der Waals surface area contributed by atoms with Gasteiger partial charge >= 0.3 is 0 Å². The first-order chi connectivity index (χ1) is 39.4. The van der Waals surface area contributed by atoms with Gasteiger partial charge in [0.05, 0.1) is 25.4 Å². The summed E-state index contributed by atoms with van der Waals surface area (Å²) < 4.78 is 63.7. The smallest absolute Gasteiger partial charge is 0.239 e. The van der Waals surface area contributed by atoms with Crippen molar-refractivity contribution in [3.8, 4) is 68.6 Å². The average Bonchev–Trinajstić information content (AvgIpc) is 2.23. The molecule has 83 heavy (non-hydrogen) atoms. The molecule has 16 N–H and O–H groups in total. The van der Waals surface area contributed by atoms with Crippen LogP contribution in [0.3, 0.4) is 0 Å². The normalized spacial score (nSPS) is 34.0. The molecule has 0 radical (unpaired) electrons. The van der Waals surface area contributed by atoms with Gasteiger partial charge in [-0.1, -0.05) is 0 Å². The highest BCUT2D eigenvalue weighted by molar-refractivity contribution is 5.90. The van der Waals surface area contributed by atoms with Gasteiger partial charge in [0.25, 0.3) is 0 Å². The van der Waals surface area contributed by atoms with Crippen LogP contribution in [0.4, 0.5) is 0 Å². The summed E-state index contributed by atoms with van der Waals surface area (Å²) in [5.74, 6) is -4.82. The van der Waals surface area contributed by atoms with Crippen molar-refractivity contribution >= 4 is 21.9 Å². The first kappa shape index (κ1) is 59.3. The monoisotopic (exact) mass is 1170 g/mol. The summed E-state index contributed by atoms with van der Waals surface area (Å²) in [5, 5.41) is 169. The molecule has 0 saturated carbocycles. The Morgan fingerprint density at radius 1 is 0.410 bits per heavy atom. The third-order valence-corrected chi connectivity index (χ3v) is 14.6. The van der Waals surface area contributed by atoms with E-state index in [0.717, 1.165) is 24.3 Å². The van der Waals surface area contributed by atoms with Gasteiger partial charge in [0, 0.05) is 35.4 Å². The first-order valence-electron chi connectivity index (χ1n) is 25.7. The Morgan fingerprint density at radius 3 is 1.11 bits per heavy atom. The minimum atomic E-state index is -2.07. The van der Waals surface area contributed by atoms with Gasteiger partial charge in [0.15, 0.2) is 24.1 Å². The number of hydrogen-bond acceptors (Lipinski definition) is 29. The largest absolute Gasteiger partial charge is 0.508 e. The van der Waals surface area contributed by atoms with Crippen molar-refractivity contribution in [2.45, 2.75) is 137 Å². The summed E-state index contributed by atoms with van der Waals surface area (Å²) in [6, 6.07) is 14.3. The van der Waals surface area contributed by atoms with Crippen LogP contribution in [0.2, 0.25) is 0 Å². The lowest BCUT2D eigenvalue weighted by Gasteiger charge is -2.42. The standard InChI is InChI=1S/C54H58O29/c1-17-33(59)39(65)43(69)51(75-17)73-15-29-35(61)41(67)45(71)53(80-29)82-49-37(63)31-25(57)11-23(13-27(31)78-47(49)19-3-7-21(55)8-4-19)77-24-12-26(58)32-28(14-24)79-48(20-5-9-22(56)10-6-20)50(38(32)64)83-54-46(72)42(68)36(62)30(81-54)16-74-52-44(70)40(66)34(60)18(2)76-52/h3-14,17-18,29-30,33-36,39-46,51-62,65-72H,15-16H2,1-2H3. The molecule has 4 aromatic carbocycles. The van der Waals surface area contributed by atoms with Crippen LogP contribution < -0.4 is 25.1 Å². The maximum absolute atomic E-state index is 14.5. The lowest BCUT2D eigenvalue weighted by Crippen LogP contribution is -2.61. The molecule has 20 unspecified atom stereocenters. The van der Waals surface area contributed by atoms with E-state index in [1.807, 2.05) is 0 Å². The van der Waals surface area contributed by atoms with Gasteiger partial charge in [0.2, 0.25) is 34.9 Å². The SMILES string of the molecule is CC1OC(OCC2OC(Oc3c(-c4ccc(O)cc4)oc4cc(Oc5cc(O)c6c(=O)c(OC7OC(COC8OC(C)C(O)C(O)C8O)C(O)C(O)C7O)c(-c7ccc(O)cc7)oc6c5)cc(O)c4c3=O)C(O)C(O)C2O)C(O)C(O)C1O. The highest BCUT2D eigenvalue weighted by atomic mass is 16.7. The van der Waals surface area contributed by atoms with E-state index >= 15 is 0 Å². The molecule has 0 aliphatic carbocycles. The van der Waals surface area contributed by atoms with Crippen LogP contribution in [0, 0.1) is 0 Å². The third kappa shape index (κ3) is 11.5. The van der Waals surface area contributed by atoms with Crippen LogP contribution in [-0.2, 0) is 28.4 Å². The zero-order valence-electron chi connectivity index (χ0n) is 43.4. The fraction of sp³-hybridized carbons (Fsp3) is 0.444. The van der Waals surface area contributed by atoms with Crippen molar-refractivity contribution in [2.75, 3.05) is 13.2 Å². The number of benzene rings is 4. The van der Waals surface area contributed by atoms with E-state index in [1.165, 1.54) is 62.4 Å². The van der Waals surface area contributed by atoms with Crippen LogP contribution in [0.5, 0.6) is 46.0 Å². The molecule has 0 spiro atoms. The van der Waals surface area contributed by atoms with E-state index in [0.29, 0.717) is 0 Å². The zero-order chi connectivity index (χ0) is 59.6. The molecule has 20 atom stereocenters. The fourth-order valence-corrected chi connectivity index (χ4v) is 9.81. The van der Waals surface area contributed by atoms with Crippen molar-refractivity contribution in [2.24, 2.45) is 0 Å². The minimum Gasteiger partial charge on any atom is -0.508 e. The number of ether oxygens (including phenoxy) is 9. The predicted octanol–water partition coefficient (Wildman–Crippen LogP) is -2.09. The molecular formula is C54H58O29. The van der Waals surface area contributed by atoms with Crippen LogP contribution in [0.15, 0.2) is 91.2 Å². The Labute approximate surface area is 465 Å². The van der Waals surface area contributed by atoms with Crippen LogP contribution in [-0.4, -0.2) is 218 Å². The number of fused-ring (bicyclic) bond motifs is 2. The van der Waals surface area contributed by atoms with E-state index in [4.69, 9.17) is 51.5 Å². The summed E-state index contributed by atoms with van der Waals surface area (Å²) in [6.45, 7) is 1.44. The summed E-state index contributed by atoms with van der Waals surface area (Å²) in [7, 11) is 0. The molecule has 0 amide bonds. The molecular weight excluding hydrogens is 1110 g/mol. The van der Waals surface area contributed by atoms with E-state index in [1.54, 1.807) is 0 Å². The molecule has 29 heteroatoms. The topological polar surface area (TPSA) is 467 Å². The Hall–Kier alpha value is -6.82. The van der Waals surface area contributed by atoms with Crippen molar-refractivity contribution in [1.29, 1.82) is 0 Å². The van der Waals surface area contributed by atoms with Gasteiger partial charge in [-0.25, -0.2) is 0 Å². The third-order valence-electron chi connectivity index (χ3n) is 14.6. The second kappa shape index (κ2) is 23.7. The molecule has 6 aromatic rings. The number of rotatable bonds is 14. The maximum Gasteiger partial charge on any atom is 0.239 e. The Kier molecular flexibility index (Phi) is 16.9. The molecule has 448 valence electrons. The number of aliphatic hydroxyl groups is 12. The first-order valence-corrected chi connectivity index (χ1v) is 25.7. The number of hydrogen-bond donors (Lipinski definition) is 16. The van der Waals surface area contributed by atoms with Crippen molar-refractivity contribution in [3.63, 3.8) is 0 Å². The van der Waals surface area contributed by atoms with Gasteiger partial charge in [0.1, 0.15) is 142 Å². The Morgan fingerprint density at radius 2 is 0.747 bits per heavy atom. The van der Waals surface area contributed by atoms with Crippen molar-refractivity contribution < 1.29 is 133 Å². The van der Waals surface area contributed by atoms with Crippen LogP contribution in [0.1, 0.15) is 13.8 Å². The van der Waals surface area contributed by atoms with Crippen LogP contribution >= 0.6 is 0 Å². The van der Waals surface area contributed by atoms with Gasteiger partial charge in [-0.15, -0.1) is 0 Å². The minimum absolute atomic E-state index is 0.0602. The van der Waals surface area contributed by atoms with E-state index in [2.05, 4.69) is 0 Å². The number of aromatic hydroxyl groups is 4. The summed E-state index contributed by atoms with van der Waals surface area (Å²) in [4.78, 5) is 29.0. The Bertz CT molecular complexity index is 3190. The van der Waals surface area contributed by atoms with E-state index in [-0.39, 0.29) is 45.3 Å². The van der Waals surface area contributed by atoms with Gasteiger partial charge in [-0.05, 0) is 62.4 Å². The molecule has 4 aliphatic rings. The number of phenolic OH excluding ortho intramolecular Hbond substituents is 4. The molecule has 4 saturated heterocycles. The second-order valence-electron chi connectivity index (χ2n) is 20.3. The van der Waals surface area contributed by atoms with Gasteiger partial charge in [-0.2, -0.15) is 0 Å². The maximum atomic E-state index is 14.5. The summed E-state index contributed by atoms with van der Waals surface area (Å²) in [5.41, 5.74) is -2.83. The molecule has 4 aliphatic heterocycles. The molecule has 4 fully saturated rings. The number of phenols is 4. The van der Waals surface area contributed by atoms with Gasteiger partial charge in [-0.3, -0.25) is 9.59 Å². The number of aliphatic hydroxyl groups excluding tert-OH is 12. The highest BCUT2D eigenvalue weighted by Crippen LogP contribution is 2.42. The second-order valence-corrected chi connectivity index (χ2v) is 20.3. The lowest BCUT2D eigenvalue weighted by molar-refractivity contribution is -0.318. The summed E-state index contributed by atoms with van der Waals surface area (Å²) in [6.07, 6.45) is -34.0. The lowest BCUT2D eigenvalue weighted by atomic mass is 9.98. The molecule has 6 heterocycles. The molecule has 10 rings (SSSR count).